The molecule has 1 saturated heterocycles. The molecule has 5 aromatic rings. The fraction of sp³-hybridized carbons (Fsp3) is 0.222. The Hall–Kier alpha value is -4.79. The van der Waals surface area contributed by atoms with E-state index in [1.165, 1.54) is 18.4 Å². The molecule has 0 radical (unpaired) electrons. The molecule has 230 valence electrons. The fourth-order valence-corrected chi connectivity index (χ4v) is 5.72. The summed E-state index contributed by atoms with van der Waals surface area (Å²) < 4.78 is 8.10. The van der Waals surface area contributed by atoms with E-state index in [1.807, 2.05) is 50.2 Å². The van der Waals surface area contributed by atoms with E-state index in [2.05, 4.69) is 37.7 Å². The summed E-state index contributed by atoms with van der Waals surface area (Å²) >= 11 is 6.37. The van der Waals surface area contributed by atoms with Gasteiger partial charge in [0.15, 0.2) is 0 Å². The maximum Gasteiger partial charge on any atom is 0.319 e. The molecule has 1 aliphatic heterocycles. The van der Waals surface area contributed by atoms with Gasteiger partial charge in [-0.3, -0.25) is 9.69 Å². The van der Waals surface area contributed by atoms with E-state index in [9.17, 15) is 9.59 Å². The van der Waals surface area contributed by atoms with Crippen LogP contribution in [0.1, 0.15) is 42.6 Å². The highest BCUT2D eigenvalue weighted by atomic mass is 35.5. The summed E-state index contributed by atoms with van der Waals surface area (Å²) in [6.07, 6.45) is 4.68. The Morgan fingerprint density at radius 2 is 1.44 bits per heavy atom. The number of hydrogen-bond acceptors (Lipinski definition) is 4. The van der Waals surface area contributed by atoms with Gasteiger partial charge in [0, 0.05) is 51.8 Å². The number of anilines is 2. The predicted octanol–water partition coefficient (Wildman–Crippen LogP) is 8.45. The van der Waals surface area contributed by atoms with Crippen molar-refractivity contribution in [2.75, 3.05) is 23.7 Å². The molecule has 45 heavy (non-hydrogen) atoms. The first-order valence-corrected chi connectivity index (χ1v) is 15.6. The Kier molecular flexibility index (Phi) is 9.05. The molecule has 3 amide bonds. The minimum Gasteiger partial charge on any atom is -0.457 e. The number of amides is 3. The van der Waals surface area contributed by atoms with Crippen molar-refractivity contribution in [1.82, 2.24) is 14.8 Å². The standard InChI is InChI=1S/C36H36ClN5O3/c1-24(2)38-36(44)40-29-10-16-32(17-11-29)45-31-14-8-28(9-15-31)39-35(43)25-5-12-30(13-6-25)42-23-26(22-41-19-3-4-20-41)33-21-27(37)7-18-34(33)42/h5-18,21,23-24H,3-4,19-20,22H2,1-2H3,(H,39,43)(H2,38,40,44). The number of fused-ring (bicyclic) bond motifs is 1. The second-order valence-corrected chi connectivity index (χ2v) is 12.0. The van der Waals surface area contributed by atoms with Gasteiger partial charge in [-0.15, -0.1) is 0 Å². The molecule has 0 bridgehead atoms. The van der Waals surface area contributed by atoms with Gasteiger partial charge in [0.1, 0.15) is 11.5 Å². The monoisotopic (exact) mass is 621 g/mol. The smallest absolute Gasteiger partial charge is 0.319 e. The zero-order valence-electron chi connectivity index (χ0n) is 25.3. The van der Waals surface area contributed by atoms with Gasteiger partial charge in [-0.25, -0.2) is 4.79 Å². The lowest BCUT2D eigenvalue weighted by Gasteiger charge is -2.13. The van der Waals surface area contributed by atoms with Gasteiger partial charge in [-0.1, -0.05) is 11.6 Å². The van der Waals surface area contributed by atoms with Crippen molar-refractivity contribution in [3.05, 3.63) is 113 Å². The van der Waals surface area contributed by atoms with Crippen molar-refractivity contribution in [3.8, 4) is 17.2 Å². The summed E-state index contributed by atoms with van der Waals surface area (Å²) in [6, 6.07) is 27.7. The van der Waals surface area contributed by atoms with Crippen LogP contribution < -0.4 is 20.7 Å². The number of nitrogens with one attached hydrogen (secondary N) is 3. The first-order chi connectivity index (χ1) is 21.8. The molecule has 0 atom stereocenters. The number of likely N-dealkylation sites (tertiary alicyclic amines) is 1. The third-order valence-electron chi connectivity index (χ3n) is 7.73. The molecule has 1 aromatic heterocycles. The molecule has 8 nitrogen and oxygen atoms in total. The van der Waals surface area contributed by atoms with Gasteiger partial charge in [-0.05, 0) is 136 Å². The van der Waals surface area contributed by atoms with Gasteiger partial charge in [0.05, 0.1) is 5.52 Å². The summed E-state index contributed by atoms with van der Waals surface area (Å²) in [5, 5.41) is 10.4. The maximum absolute atomic E-state index is 13.0. The zero-order chi connectivity index (χ0) is 31.3. The van der Waals surface area contributed by atoms with Crippen LogP contribution in [0.2, 0.25) is 5.02 Å². The number of carbonyl (C=O) groups excluding carboxylic acids is 2. The molecule has 4 aromatic carbocycles. The number of benzene rings is 4. The Morgan fingerprint density at radius 3 is 2.07 bits per heavy atom. The van der Waals surface area contributed by atoms with Crippen LogP contribution in [-0.2, 0) is 6.54 Å². The average molecular weight is 622 g/mol. The first-order valence-electron chi connectivity index (χ1n) is 15.2. The molecule has 1 aliphatic rings. The predicted molar refractivity (Wildman–Crippen MR) is 181 cm³/mol. The number of halogens is 1. The molecule has 3 N–H and O–H groups in total. The van der Waals surface area contributed by atoms with Gasteiger partial charge in [0.25, 0.3) is 5.91 Å². The van der Waals surface area contributed by atoms with E-state index in [4.69, 9.17) is 16.3 Å². The summed E-state index contributed by atoms with van der Waals surface area (Å²) in [5.41, 5.74) is 5.22. The number of urea groups is 1. The number of ether oxygens (including phenoxy) is 1. The number of rotatable bonds is 9. The third kappa shape index (κ3) is 7.48. The van der Waals surface area contributed by atoms with Gasteiger partial charge in [0.2, 0.25) is 0 Å². The zero-order valence-corrected chi connectivity index (χ0v) is 26.1. The van der Waals surface area contributed by atoms with E-state index in [0.29, 0.717) is 28.4 Å². The van der Waals surface area contributed by atoms with Crippen LogP contribution in [-0.4, -0.2) is 40.5 Å². The van der Waals surface area contributed by atoms with Crippen LogP contribution in [0.5, 0.6) is 11.5 Å². The van der Waals surface area contributed by atoms with Crippen molar-refractivity contribution in [3.63, 3.8) is 0 Å². The van der Waals surface area contributed by atoms with Crippen LogP contribution in [0.15, 0.2) is 97.2 Å². The minimum absolute atomic E-state index is 0.0518. The lowest BCUT2D eigenvalue weighted by molar-refractivity contribution is 0.102. The van der Waals surface area contributed by atoms with Crippen LogP contribution in [0, 0.1) is 0 Å². The average Bonchev–Trinajstić information content (AvgIpc) is 3.67. The van der Waals surface area contributed by atoms with Crippen molar-refractivity contribution >= 4 is 45.8 Å². The Labute approximate surface area is 267 Å². The SMILES string of the molecule is CC(C)NC(=O)Nc1ccc(Oc2ccc(NC(=O)c3ccc(-n4cc(CN5CCCC5)c5cc(Cl)ccc54)cc3)cc2)cc1. The molecular formula is C36H36ClN5O3. The molecule has 0 unspecified atom stereocenters. The van der Waals surface area contributed by atoms with E-state index in [1.54, 1.807) is 48.5 Å². The van der Waals surface area contributed by atoms with E-state index < -0.39 is 0 Å². The number of aromatic nitrogens is 1. The highest BCUT2D eigenvalue weighted by molar-refractivity contribution is 6.31. The van der Waals surface area contributed by atoms with E-state index in [-0.39, 0.29) is 18.0 Å². The van der Waals surface area contributed by atoms with Gasteiger partial charge < -0.3 is 25.3 Å². The lowest BCUT2D eigenvalue weighted by Crippen LogP contribution is -2.34. The molecule has 2 heterocycles. The fourth-order valence-electron chi connectivity index (χ4n) is 5.55. The van der Waals surface area contributed by atoms with Crippen LogP contribution in [0.3, 0.4) is 0 Å². The van der Waals surface area contributed by atoms with Crippen LogP contribution >= 0.6 is 11.6 Å². The summed E-state index contributed by atoms with van der Waals surface area (Å²) in [7, 11) is 0. The van der Waals surface area contributed by atoms with Crippen LogP contribution in [0.4, 0.5) is 16.2 Å². The third-order valence-corrected chi connectivity index (χ3v) is 7.96. The highest BCUT2D eigenvalue weighted by Crippen LogP contribution is 2.30. The number of hydrogen-bond donors (Lipinski definition) is 3. The largest absolute Gasteiger partial charge is 0.457 e. The van der Waals surface area contributed by atoms with Crippen molar-refractivity contribution in [2.24, 2.45) is 0 Å². The number of nitrogens with zero attached hydrogens (tertiary/aromatic N) is 2. The van der Waals surface area contributed by atoms with E-state index >= 15 is 0 Å². The summed E-state index contributed by atoms with van der Waals surface area (Å²) in [5.74, 6) is 1.06. The first kappa shape index (κ1) is 30.2. The molecular weight excluding hydrogens is 586 g/mol. The van der Waals surface area contributed by atoms with Crippen molar-refractivity contribution in [2.45, 2.75) is 39.3 Å². The normalized spacial score (nSPS) is 13.2. The second kappa shape index (κ2) is 13.5. The van der Waals surface area contributed by atoms with Crippen LogP contribution in [0.25, 0.3) is 16.6 Å². The number of carbonyl (C=O) groups is 2. The van der Waals surface area contributed by atoms with Gasteiger partial charge in [-0.2, -0.15) is 0 Å². The van der Waals surface area contributed by atoms with Gasteiger partial charge >= 0.3 is 6.03 Å². The molecule has 0 saturated carbocycles. The molecule has 0 spiro atoms. The lowest BCUT2D eigenvalue weighted by atomic mass is 10.1. The van der Waals surface area contributed by atoms with E-state index in [0.717, 1.165) is 41.2 Å². The maximum atomic E-state index is 13.0. The minimum atomic E-state index is -0.255. The quantitative estimate of drug-likeness (QED) is 0.154. The Morgan fingerprint density at radius 1 is 0.822 bits per heavy atom. The molecule has 1 fully saturated rings. The summed E-state index contributed by atoms with van der Waals surface area (Å²) in [6.45, 7) is 6.95. The van der Waals surface area contributed by atoms with Crippen molar-refractivity contribution < 1.29 is 14.3 Å². The highest BCUT2D eigenvalue weighted by Gasteiger charge is 2.17. The molecule has 9 heteroatoms. The van der Waals surface area contributed by atoms with Crippen molar-refractivity contribution in [1.29, 1.82) is 0 Å². The molecule has 0 aliphatic carbocycles. The molecule has 6 rings (SSSR count). The summed E-state index contributed by atoms with van der Waals surface area (Å²) in [4.78, 5) is 27.4. The Bertz CT molecular complexity index is 1790. The second-order valence-electron chi connectivity index (χ2n) is 11.6. The topological polar surface area (TPSA) is 87.6 Å². The Balaban J connectivity index is 1.08.